The number of benzene rings is 1. The lowest BCUT2D eigenvalue weighted by Gasteiger charge is -2.15. The van der Waals surface area contributed by atoms with Crippen molar-refractivity contribution in [2.75, 3.05) is 6.54 Å². The summed E-state index contributed by atoms with van der Waals surface area (Å²) < 4.78 is 37.0. The lowest BCUT2D eigenvalue weighted by Crippen LogP contribution is -2.33. The van der Waals surface area contributed by atoms with E-state index in [1.54, 1.807) is 0 Å². The third-order valence-electron chi connectivity index (χ3n) is 2.82. The molecule has 0 saturated carbocycles. The van der Waals surface area contributed by atoms with Gasteiger partial charge in [0.1, 0.15) is 5.82 Å². The Labute approximate surface area is 94.6 Å². The Morgan fingerprint density at radius 2 is 1.94 bits per heavy atom. The highest BCUT2D eigenvalue weighted by atomic mass is 32.2. The maximum Gasteiger partial charge on any atom is 0.182 e. The third kappa shape index (κ3) is 1.97. The van der Waals surface area contributed by atoms with Gasteiger partial charge in [0.25, 0.3) is 0 Å². The fourth-order valence-corrected chi connectivity index (χ4v) is 3.74. The topological polar surface area (TPSA) is 46.2 Å². The molecule has 1 fully saturated rings. The van der Waals surface area contributed by atoms with Crippen molar-refractivity contribution in [1.82, 2.24) is 5.32 Å². The highest BCUT2D eigenvalue weighted by Gasteiger charge is 2.35. The Kier molecular flexibility index (Phi) is 2.99. The van der Waals surface area contributed by atoms with Gasteiger partial charge in [0.2, 0.25) is 0 Å². The van der Waals surface area contributed by atoms with Crippen LogP contribution in [0.1, 0.15) is 6.42 Å². The molecule has 0 aromatic heterocycles. The zero-order valence-corrected chi connectivity index (χ0v) is 9.50. The minimum absolute atomic E-state index is 0.163. The van der Waals surface area contributed by atoms with Crippen molar-refractivity contribution < 1.29 is 12.8 Å². The van der Waals surface area contributed by atoms with Crippen LogP contribution in [-0.2, 0) is 9.84 Å². The molecule has 1 aromatic carbocycles. The van der Waals surface area contributed by atoms with E-state index in [-0.39, 0.29) is 10.9 Å². The quantitative estimate of drug-likeness (QED) is 0.792. The predicted octanol–water partition coefficient (Wildman–Crippen LogP) is 1.16. The van der Waals surface area contributed by atoms with Crippen molar-refractivity contribution in [3.8, 4) is 0 Å². The SMILES string of the molecule is [CH2]C1NCC[C@@H]1S(=O)(=O)c1ccc(F)cc1. The summed E-state index contributed by atoms with van der Waals surface area (Å²) in [6.45, 7) is 4.42. The monoisotopic (exact) mass is 242 g/mol. The summed E-state index contributed by atoms with van der Waals surface area (Å²) in [5, 5.41) is 2.48. The molecule has 1 aliphatic rings. The van der Waals surface area contributed by atoms with Crippen LogP contribution < -0.4 is 5.32 Å². The van der Waals surface area contributed by atoms with E-state index >= 15 is 0 Å². The molecule has 87 valence electrons. The Morgan fingerprint density at radius 1 is 1.31 bits per heavy atom. The van der Waals surface area contributed by atoms with Gasteiger partial charge in [0, 0.05) is 6.04 Å². The summed E-state index contributed by atoms with van der Waals surface area (Å²) in [4.78, 5) is 0.163. The van der Waals surface area contributed by atoms with Gasteiger partial charge in [-0.15, -0.1) is 0 Å². The van der Waals surface area contributed by atoms with Crippen molar-refractivity contribution in [1.29, 1.82) is 0 Å². The van der Waals surface area contributed by atoms with Gasteiger partial charge in [-0.1, -0.05) is 0 Å². The van der Waals surface area contributed by atoms with E-state index in [0.717, 1.165) is 12.1 Å². The average Bonchev–Trinajstić information content (AvgIpc) is 2.66. The molecule has 1 saturated heterocycles. The van der Waals surface area contributed by atoms with Crippen LogP contribution in [0.15, 0.2) is 29.2 Å². The zero-order valence-electron chi connectivity index (χ0n) is 8.69. The van der Waals surface area contributed by atoms with Crippen LogP contribution in [0.4, 0.5) is 4.39 Å². The Morgan fingerprint density at radius 3 is 2.44 bits per heavy atom. The first-order chi connectivity index (χ1) is 7.51. The van der Waals surface area contributed by atoms with Gasteiger partial charge in [0.05, 0.1) is 10.1 Å². The van der Waals surface area contributed by atoms with Crippen LogP contribution in [0.5, 0.6) is 0 Å². The minimum atomic E-state index is -3.40. The second-order valence-corrected chi connectivity index (χ2v) is 6.05. The Hall–Kier alpha value is -0.940. The van der Waals surface area contributed by atoms with Crippen LogP contribution in [0.3, 0.4) is 0 Å². The summed E-state index contributed by atoms with van der Waals surface area (Å²) in [6.07, 6.45) is 0.549. The van der Waals surface area contributed by atoms with Gasteiger partial charge >= 0.3 is 0 Å². The highest BCUT2D eigenvalue weighted by Crippen LogP contribution is 2.23. The van der Waals surface area contributed by atoms with Gasteiger partial charge < -0.3 is 5.32 Å². The van der Waals surface area contributed by atoms with E-state index < -0.39 is 20.9 Å². The molecule has 5 heteroatoms. The normalized spacial score (nSPS) is 25.9. The molecule has 3 nitrogen and oxygen atoms in total. The Bertz CT molecular complexity index is 469. The fraction of sp³-hybridized carbons (Fsp3) is 0.364. The molecule has 1 N–H and O–H groups in total. The maximum atomic E-state index is 12.7. The first-order valence-electron chi connectivity index (χ1n) is 5.08. The van der Waals surface area contributed by atoms with Crippen LogP contribution in [0.2, 0.25) is 0 Å². The molecule has 16 heavy (non-hydrogen) atoms. The molecule has 0 bridgehead atoms. The van der Waals surface area contributed by atoms with E-state index in [0.29, 0.717) is 13.0 Å². The minimum Gasteiger partial charge on any atom is -0.313 e. The van der Waals surface area contributed by atoms with E-state index in [9.17, 15) is 12.8 Å². The van der Waals surface area contributed by atoms with Crippen molar-refractivity contribution in [2.45, 2.75) is 22.6 Å². The van der Waals surface area contributed by atoms with Gasteiger partial charge in [-0.05, 0) is 44.2 Å². The van der Waals surface area contributed by atoms with E-state index in [1.807, 2.05) is 0 Å². The zero-order chi connectivity index (χ0) is 11.8. The summed E-state index contributed by atoms with van der Waals surface area (Å²) in [5.74, 6) is -0.435. The highest BCUT2D eigenvalue weighted by molar-refractivity contribution is 7.92. The van der Waals surface area contributed by atoms with Gasteiger partial charge in [-0.2, -0.15) is 0 Å². The number of sulfone groups is 1. The van der Waals surface area contributed by atoms with Crippen molar-refractivity contribution in [2.24, 2.45) is 0 Å². The van der Waals surface area contributed by atoms with Crippen molar-refractivity contribution in [3.05, 3.63) is 37.0 Å². The number of halogens is 1. The number of hydrogen-bond acceptors (Lipinski definition) is 3. The standard InChI is InChI=1S/C11H13FNO2S/c1-8-11(6-7-13-8)16(14,15)10-4-2-9(12)3-5-10/h2-5,8,11,13H,1,6-7H2/t8?,11-/m0/s1. The fourth-order valence-electron chi connectivity index (χ4n) is 1.91. The van der Waals surface area contributed by atoms with E-state index in [1.165, 1.54) is 12.1 Å². The molecule has 1 radical (unpaired) electrons. The predicted molar refractivity (Wildman–Crippen MR) is 59.1 cm³/mol. The maximum absolute atomic E-state index is 12.7. The number of rotatable bonds is 2. The average molecular weight is 242 g/mol. The molecule has 1 heterocycles. The molecule has 0 aliphatic carbocycles. The van der Waals surface area contributed by atoms with Gasteiger partial charge in [-0.3, -0.25) is 0 Å². The summed E-state index contributed by atoms with van der Waals surface area (Å²) in [6, 6.07) is 4.63. The number of nitrogens with one attached hydrogen (secondary N) is 1. The summed E-state index contributed by atoms with van der Waals surface area (Å²) >= 11 is 0. The second-order valence-electron chi connectivity index (χ2n) is 3.89. The smallest absolute Gasteiger partial charge is 0.182 e. The van der Waals surface area contributed by atoms with Crippen LogP contribution in [0, 0.1) is 12.7 Å². The largest absolute Gasteiger partial charge is 0.313 e. The molecule has 0 spiro atoms. The van der Waals surface area contributed by atoms with Crippen LogP contribution >= 0.6 is 0 Å². The molecular formula is C11H13FNO2S. The molecule has 0 amide bonds. The molecule has 2 rings (SSSR count). The molecule has 1 unspecified atom stereocenters. The van der Waals surface area contributed by atoms with Crippen molar-refractivity contribution >= 4 is 9.84 Å². The third-order valence-corrected chi connectivity index (χ3v) is 5.12. The second kappa shape index (κ2) is 4.14. The lowest BCUT2D eigenvalue weighted by atomic mass is 10.2. The van der Waals surface area contributed by atoms with E-state index in [2.05, 4.69) is 12.2 Å². The van der Waals surface area contributed by atoms with Gasteiger partial charge in [-0.25, -0.2) is 12.8 Å². The lowest BCUT2D eigenvalue weighted by molar-refractivity contribution is 0.573. The Balaban J connectivity index is 2.35. The first-order valence-corrected chi connectivity index (χ1v) is 6.62. The summed E-state index contributed by atoms with van der Waals surface area (Å²) in [5.41, 5.74) is 0. The molecule has 1 aromatic rings. The van der Waals surface area contributed by atoms with E-state index in [4.69, 9.17) is 0 Å². The van der Waals surface area contributed by atoms with Crippen LogP contribution in [-0.4, -0.2) is 26.3 Å². The van der Waals surface area contributed by atoms with Crippen LogP contribution in [0.25, 0.3) is 0 Å². The molecule has 2 atom stereocenters. The van der Waals surface area contributed by atoms with Crippen molar-refractivity contribution in [3.63, 3.8) is 0 Å². The summed E-state index contributed by atoms with van der Waals surface area (Å²) in [7, 11) is -3.40. The first kappa shape index (κ1) is 11.5. The molecule has 1 aliphatic heterocycles. The van der Waals surface area contributed by atoms with Gasteiger partial charge in [0.15, 0.2) is 9.84 Å². The molecular weight excluding hydrogens is 229 g/mol. The number of hydrogen-bond donors (Lipinski definition) is 1.